The molecule has 3 aromatic rings. The number of hydrogen-bond acceptors (Lipinski definition) is 6. The maximum atomic E-state index is 14.7. The van der Waals surface area contributed by atoms with E-state index in [1.54, 1.807) is 51.8 Å². The van der Waals surface area contributed by atoms with Crippen molar-refractivity contribution < 1.29 is 27.1 Å². The molecule has 37 heavy (non-hydrogen) atoms. The molecule has 2 aromatic heterocycles. The Morgan fingerprint density at radius 3 is 2.59 bits per heavy atom. The van der Waals surface area contributed by atoms with Crippen molar-refractivity contribution in [2.24, 2.45) is 0 Å². The summed E-state index contributed by atoms with van der Waals surface area (Å²) in [6, 6.07) is 4.14. The Morgan fingerprint density at radius 2 is 1.92 bits per heavy atom. The van der Waals surface area contributed by atoms with E-state index in [2.05, 4.69) is 20.3 Å². The Bertz CT molecular complexity index is 1380. The van der Waals surface area contributed by atoms with Crippen molar-refractivity contribution in [2.75, 3.05) is 18.4 Å². The number of anilines is 1. The van der Waals surface area contributed by atoms with Gasteiger partial charge in [-0.25, -0.2) is 24.1 Å². The predicted octanol–water partition coefficient (Wildman–Crippen LogP) is 6.30. The smallest absolute Gasteiger partial charge is 0.419 e. The third-order valence-electron chi connectivity index (χ3n) is 5.76. The molecule has 1 aliphatic rings. The Labute approximate surface area is 211 Å². The number of benzene rings is 1. The van der Waals surface area contributed by atoms with Crippen LogP contribution in [0.5, 0.6) is 0 Å². The van der Waals surface area contributed by atoms with Crippen molar-refractivity contribution in [1.29, 1.82) is 0 Å². The maximum absolute atomic E-state index is 14.7. The lowest BCUT2D eigenvalue weighted by Gasteiger charge is -2.24. The maximum Gasteiger partial charge on any atom is 0.419 e. The quantitative estimate of drug-likeness (QED) is 0.409. The van der Waals surface area contributed by atoms with Crippen molar-refractivity contribution >= 4 is 28.5 Å². The van der Waals surface area contributed by atoms with Crippen LogP contribution in [0.2, 0.25) is 0 Å². The minimum atomic E-state index is -4.81. The number of alkyl halides is 3. The van der Waals surface area contributed by atoms with E-state index in [0.717, 1.165) is 11.1 Å². The van der Waals surface area contributed by atoms with Gasteiger partial charge in [0.05, 0.1) is 17.0 Å². The van der Waals surface area contributed by atoms with Crippen molar-refractivity contribution in [2.45, 2.75) is 52.4 Å². The van der Waals surface area contributed by atoms with E-state index in [1.807, 2.05) is 6.08 Å². The highest BCUT2D eigenvalue weighted by molar-refractivity contribution is 5.90. The van der Waals surface area contributed by atoms with E-state index < -0.39 is 35.3 Å². The number of nitrogens with zero attached hydrogens (tertiary/aromatic N) is 4. The molecule has 1 aliphatic heterocycles. The zero-order chi connectivity index (χ0) is 27.1. The number of carbonyl (C=O) groups excluding carboxylic acids is 1. The molecule has 0 saturated carbocycles. The zero-order valence-electron chi connectivity index (χ0n) is 21.1. The third-order valence-corrected chi connectivity index (χ3v) is 5.76. The van der Waals surface area contributed by atoms with Gasteiger partial charge in [-0.1, -0.05) is 18.2 Å². The molecule has 196 valence electrons. The van der Waals surface area contributed by atoms with E-state index in [9.17, 15) is 22.4 Å². The van der Waals surface area contributed by atoms with Crippen LogP contribution in [0.15, 0.2) is 36.5 Å². The second-order valence-corrected chi connectivity index (χ2v) is 9.88. The van der Waals surface area contributed by atoms with Crippen LogP contribution in [-0.4, -0.2) is 44.6 Å². The molecule has 7 nitrogen and oxygen atoms in total. The lowest BCUT2D eigenvalue weighted by atomic mass is 10.0. The summed E-state index contributed by atoms with van der Waals surface area (Å²) in [4.78, 5) is 27.2. The molecule has 0 radical (unpaired) electrons. The van der Waals surface area contributed by atoms with Gasteiger partial charge in [-0.2, -0.15) is 13.2 Å². The number of rotatable bonds is 4. The first-order chi connectivity index (χ1) is 17.2. The molecule has 0 bridgehead atoms. The van der Waals surface area contributed by atoms with Gasteiger partial charge in [0.25, 0.3) is 0 Å². The number of ether oxygens (including phenoxy) is 1. The van der Waals surface area contributed by atoms with Crippen LogP contribution in [0, 0.1) is 12.7 Å². The molecule has 11 heteroatoms. The number of amides is 1. The fourth-order valence-electron chi connectivity index (χ4n) is 4.02. The molecule has 0 fully saturated rings. The summed E-state index contributed by atoms with van der Waals surface area (Å²) in [6.45, 7) is 9.31. The summed E-state index contributed by atoms with van der Waals surface area (Å²) in [7, 11) is 0. The summed E-state index contributed by atoms with van der Waals surface area (Å²) in [5.74, 6) is -0.630. The van der Waals surface area contributed by atoms with Crippen LogP contribution < -0.4 is 5.32 Å². The van der Waals surface area contributed by atoms with Gasteiger partial charge in [0.1, 0.15) is 23.1 Å². The van der Waals surface area contributed by atoms with Gasteiger partial charge in [0, 0.05) is 24.8 Å². The number of aromatic nitrogens is 3. The fraction of sp³-hybridized carbons (Fsp3) is 0.385. The predicted molar refractivity (Wildman–Crippen MR) is 131 cm³/mol. The third kappa shape index (κ3) is 5.81. The van der Waals surface area contributed by atoms with E-state index in [4.69, 9.17) is 4.74 Å². The largest absolute Gasteiger partial charge is 0.444 e. The molecule has 0 aliphatic carbocycles. The Kier molecular flexibility index (Phi) is 6.83. The van der Waals surface area contributed by atoms with Gasteiger partial charge in [-0.15, -0.1) is 0 Å². The van der Waals surface area contributed by atoms with E-state index >= 15 is 0 Å². The molecule has 1 amide bonds. The van der Waals surface area contributed by atoms with E-state index in [1.165, 1.54) is 12.1 Å². The van der Waals surface area contributed by atoms with Crippen LogP contribution in [0.25, 0.3) is 16.6 Å². The van der Waals surface area contributed by atoms with Crippen molar-refractivity contribution in [1.82, 2.24) is 19.9 Å². The summed E-state index contributed by atoms with van der Waals surface area (Å²) in [5.41, 5.74) is -0.131. The van der Waals surface area contributed by atoms with Gasteiger partial charge < -0.3 is 15.0 Å². The van der Waals surface area contributed by atoms with Crippen LogP contribution in [0.3, 0.4) is 0 Å². The molecule has 0 saturated heterocycles. The SMILES string of the molecule is Cc1nc(N[C@H](C)c2cccc(C(F)(F)F)c2F)c2cc(C3=CCN(C(=O)OC(C)(C)C)C3)cnc2n1. The monoisotopic (exact) mass is 517 g/mol. The average Bonchev–Trinajstić information content (AvgIpc) is 3.27. The summed E-state index contributed by atoms with van der Waals surface area (Å²) < 4.78 is 59.8. The number of nitrogens with one attached hydrogen (secondary N) is 1. The normalized spacial score (nSPS) is 15.1. The first-order valence-electron chi connectivity index (χ1n) is 11.7. The standard InChI is InChI=1S/C26H27F4N5O2/c1-14(18-7-6-8-20(21(18)27)26(28,29)30)32-23-19-11-17(12-31-22(19)33-15(2)34-23)16-9-10-35(13-16)24(36)37-25(3,4)5/h6-9,11-12,14H,10,13H2,1-5H3,(H,31,32,33,34)/t14-/m1/s1. The lowest BCUT2D eigenvalue weighted by Crippen LogP contribution is -2.35. The highest BCUT2D eigenvalue weighted by atomic mass is 19.4. The zero-order valence-corrected chi connectivity index (χ0v) is 21.1. The van der Waals surface area contributed by atoms with Gasteiger partial charge in [0.15, 0.2) is 5.65 Å². The number of carbonyl (C=O) groups is 1. The lowest BCUT2D eigenvalue weighted by molar-refractivity contribution is -0.140. The first kappa shape index (κ1) is 26.3. The van der Waals surface area contributed by atoms with Gasteiger partial charge in [-0.05, 0) is 57.9 Å². The topological polar surface area (TPSA) is 80.2 Å². The summed E-state index contributed by atoms with van der Waals surface area (Å²) >= 11 is 0. The van der Waals surface area contributed by atoms with Gasteiger partial charge >= 0.3 is 12.3 Å². The minimum absolute atomic E-state index is 0.144. The highest BCUT2D eigenvalue weighted by Gasteiger charge is 2.35. The molecular weight excluding hydrogens is 490 g/mol. The van der Waals surface area contributed by atoms with Crippen molar-refractivity contribution in [3.05, 3.63) is 64.9 Å². The Balaban J connectivity index is 1.63. The van der Waals surface area contributed by atoms with Gasteiger partial charge in [0.2, 0.25) is 0 Å². The highest BCUT2D eigenvalue weighted by Crippen LogP contribution is 2.35. The summed E-state index contributed by atoms with van der Waals surface area (Å²) in [6.07, 6.45) is -1.70. The molecular formula is C26H27F4N5O2. The average molecular weight is 518 g/mol. The van der Waals surface area contributed by atoms with Crippen molar-refractivity contribution in [3.8, 4) is 0 Å². The number of fused-ring (bicyclic) bond motifs is 1. The van der Waals surface area contributed by atoms with Gasteiger partial charge in [-0.3, -0.25) is 0 Å². The Morgan fingerprint density at radius 1 is 1.19 bits per heavy atom. The first-order valence-corrected chi connectivity index (χ1v) is 11.7. The minimum Gasteiger partial charge on any atom is -0.444 e. The number of hydrogen-bond donors (Lipinski definition) is 1. The van der Waals surface area contributed by atoms with Crippen LogP contribution in [-0.2, 0) is 10.9 Å². The van der Waals surface area contributed by atoms with Crippen LogP contribution in [0.4, 0.5) is 28.2 Å². The van der Waals surface area contributed by atoms with Crippen molar-refractivity contribution in [3.63, 3.8) is 0 Å². The molecule has 1 aromatic carbocycles. The molecule has 4 rings (SSSR count). The molecule has 3 heterocycles. The van der Waals surface area contributed by atoms with E-state index in [-0.39, 0.29) is 5.56 Å². The fourth-order valence-corrected chi connectivity index (χ4v) is 4.02. The number of halogens is 4. The number of pyridine rings is 1. The molecule has 0 unspecified atom stereocenters. The summed E-state index contributed by atoms with van der Waals surface area (Å²) in [5, 5.41) is 3.54. The molecule has 1 atom stereocenters. The molecule has 1 N–H and O–H groups in total. The molecule has 0 spiro atoms. The Hall–Kier alpha value is -3.76. The van der Waals surface area contributed by atoms with E-state index in [0.29, 0.717) is 41.8 Å². The van der Waals surface area contributed by atoms with Crippen LogP contribution >= 0.6 is 0 Å². The second kappa shape index (κ2) is 9.60. The van der Waals surface area contributed by atoms with Crippen LogP contribution in [0.1, 0.15) is 56.3 Å². The second-order valence-electron chi connectivity index (χ2n) is 9.88. The number of aryl methyl sites for hydroxylation is 1.